The molecule has 0 fully saturated rings. The topological polar surface area (TPSA) is 33.1 Å². The van der Waals surface area contributed by atoms with Crippen LogP contribution in [0.15, 0.2) is 140 Å². The lowest BCUT2D eigenvalue weighted by Gasteiger charge is -2.21. The molecule has 41 heavy (non-hydrogen) atoms. The predicted molar refractivity (Wildman–Crippen MR) is 168 cm³/mol. The van der Waals surface area contributed by atoms with Crippen LogP contribution in [0.4, 0.5) is 5.69 Å². The highest BCUT2D eigenvalue weighted by atomic mass is 15.0. The summed E-state index contributed by atoms with van der Waals surface area (Å²) in [5.74, 6) is 0. The van der Waals surface area contributed by atoms with Crippen molar-refractivity contribution in [3.63, 3.8) is 0 Å². The number of para-hydroxylation sites is 2. The van der Waals surface area contributed by atoms with Crippen molar-refractivity contribution in [2.75, 3.05) is 0 Å². The molecule has 0 spiro atoms. The molecular formula is C38H23N3. The van der Waals surface area contributed by atoms with E-state index in [0.717, 1.165) is 50.1 Å². The molecule has 0 atom stereocenters. The van der Waals surface area contributed by atoms with E-state index in [1.165, 1.54) is 10.8 Å². The minimum absolute atomic E-state index is 0.520. The van der Waals surface area contributed by atoms with Crippen LogP contribution in [0.2, 0.25) is 0 Å². The fourth-order valence-electron chi connectivity index (χ4n) is 5.80. The molecule has 0 aliphatic carbocycles. The Kier molecular flexibility index (Phi) is 5.90. The summed E-state index contributed by atoms with van der Waals surface area (Å²) < 4.78 is 2.38. The Labute approximate surface area is 238 Å². The largest absolute Gasteiger partial charge is 0.308 e. The van der Waals surface area contributed by atoms with E-state index >= 15 is 0 Å². The van der Waals surface area contributed by atoms with Crippen LogP contribution in [0.3, 0.4) is 0 Å². The Morgan fingerprint density at radius 3 is 1.56 bits per heavy atom. The maximum absolute atomic E-state index is 9.68. The highest BCUT2D eigenvalue weighted by Crippen LogP contribution is 2.45. The molecule has 0 N–H and O–H groups in total. The van der Waals surface area contributed by atoms with Gasteiger partial charge < -0.3 is 4.57 Å². The number of benzene rings is 6. The van der Waals surface area contributed by atoms with Crippen molar-refractivity contribution in [2.24, 2.45) is 0 Å². The van der Waals surface area contributed by atoms with Crippen LogP contribution in [-0.4, -0.2) is 4.57 Å². The minimum Gasteiger partial charge on any atom is -0.308 e. The summed E-state index contributed by atoms with van der Waals surface area (Å²) in [6.07, 6.45) is 0. The van der Waals surface area contributed by atoms with Crippen LogP contribution in [0.5, 0.6) is 0 Å². The molecule has 1 heterocycles. The van der Waals surface area contributed by atoms with E-state index < -0.39 is 0 Å². The van der Waals surface area contributed by atoms with E-state index in [-0.39, 0.29) is 0 Å². The standard InChI is InChI=1S/C38H23N3/c1-40-35-21-20-26(25-39)22-32(35)29-23-33(27-12-4-2-5-13-27)38(34(24-29)28-14-6-3-7-15-28)41-36-18-10-8-16-30(36)31-17-9-11-19-37(31)41/h2-24H. The Bertz CT molecular complexity index is 2040. The zero-order valence-electron chi connectivity index (χ0n) is 22.1. The van der Waals surface area contributed by atoms with E-state index in [9.17, 15) is 5.26 Å². The van der Waals surface area contributed by atoms with E-state index in [4.69, 9.17) is 6.57 Å². The van der Waals surface area contributed by atoms with Gasteiger partial charge in [-0.05, 0) is 52.6 Å². The molecule has 7 rings (SSSR count). The van der Waals surface area contributed by atoms with Crippen molar-refractivity contribution >= 4 is 27.5 Å². The van der Waals surface area contributed by atoms with Crippen molar-refractivity contribution < 1.29 is 0 Å². The molecule has 0 unspecified atom stereocenters. The van der Waals surface area contributed by atoms with Crippen molar-refractivity contribution in [3.05, 3.63) is 157 Å². The molecule has 0 saturated heterocycles. The molecule has 0 radical (unpaired) electrons. The van der Waals surface area contributed by atoms with Gasteiger partial charge >= 0.3 is 0 Å². The fraction of sp³-hybridized carbons (Fsp3) is 0. The average Bonchev–Trinajstić information content (AvgIpc) is 3.38. The van der Waals surface area contributed by atoms with E-state index in [1.54, 1.807) is 12.1 Å². The summed E-state index contributed by atoms with van der Waals surface area (Å²) in [7, 11) is 0. The monoisotopic (exact) mass is 521 g/mol. The third-order valence-electron chi connectivity index (χ3n) is 7.64. The molecule has 0 amide bonds. The molecule has 7 aromatic rings. The third kappa shape index (κ3) is 4.05. The van der Waals surface area contributed by atoms with Gasteiger partial charge in [0, 0.05) is 21.9 Å². The number of fused-ring (bicyclic) bond motifs is 3. The fourth-order valence-corrected chi connectivity index (χ4v) is 5.80. The van der Waals surface area contributed by atoms with Gasteiger partial charge in [-0.2, -0.15) is 5.26 Å². The summed E-state index contributed by atoms with van der Waals surface area (Å²) >= 11 is 0. The molecule has 0 aliphatic rings. The molecule has 1 aromatic heterocycles. The van der Waals surface area contributed by atoms with Crippen molar-refractivity contribution in [2.45, 2.75) is 0 Å². The van der Waals surface area contributed by atoms with Gasteiger partial charge in [0.1, 0.15) is 0 Å². The number of nitrogens with zero attached hydrogens (tertiary/aromatic N) is 3. The molecule has 3 heteroatoms. The second-order valence-corrected chi connectivity index (χ2v) is 9.98. The third-order valence-corrected chi connectivity index (χ3v) is 7.64. The summed E-state index contributed by atoms with van der Waals surface area (Å²) in [6, 6.07) is 49.8. The Balaban J connectivity index is 1.68. The number of rotatable bonds is 4. The van der Waals surface area contributed by atoms with Crippen LogP contribution in [-0.2, 0) is 0 Å². The molecule has 6 aromatic carbocycles. The van der Waals surface area contributed by atoms with E-state index in [1.807, 2.05) is 18.2 Å². The van der Waals surface area contributed by atoms with Crippen molar-refractivity contribution in [1.29, 1.82) is 5.26 Å². The molecule has 0 aliphatic heterocycles. The molecule has 0 bridgehead atoms. The van der Waals surface area contributed by atoms with Crippen LogP contribution in [0.25, 0.3) is 65.7 Å². The number of hydrogen-bond donors (Lipinski definition) is 0. The average molecular weight is 522 g/mol. The van der Waals surface area contributed by atoms with Crippen molar-refractivity contribution in [1.82, 2.24) is 4.57 Å². The normalized spacial score (nSPS) is 10.9. The summed E-state index contributed by atoms with van der Waals surface area (Å²) in [6.45, 7) is 7.87. The zero-order chi connectivity index (χ0) is 27.8. The van der Waals surface area contributed by atoms with Crippen molar-refractivity contribution in [3.8, 4) is 45.1 Å². The number of nitriles is 1. The van der Waals surface area contributed by atoms with Gasteiger partial charge in [-0.15, -0.1) is 0 Å². The minimum atomic E-state index is 0.520. The Morgan fingerprint density at radius 1 is 0.537 bits per heavy atom. The Hall–Kier alpha value is -5.90. The van der Waals surface area contributed by atoms with Gasteiger partial charge in [-0.1, -0.05) is 109 Å². The molecule has 190 valence electrons. The quantitative estimate of drug-likeness (QED) is 0.212. The Morgan fingerprint density at radius 2 is 1.05 bits per heavy atom. The molecule has 0 saturated carbocycles. The molecular weight excluding hydrogens is 498 g/mol. The van der Waals surface area contributed by atoms with Gasteiger partial charge in [0.2, 0.25) is 0 Å². The lowest BCUT2D eigenvalue weighted by molar-refractivity contribution is 1.18. The van der Waals surface area contributed by atoms with E-state index in [2.05, 4.69) is 125 Å². The van der Waals surface area contributed by atoms with Gasteiger partial charge in [0.15, 0.2) is 5.69 Å². The number of hydrogen-bond acceptors (Lipinski definition) is 1. The number of aromatic nitrogens is 1. The SMILES string of the molecule is [C-]#[N+]c1ccc(C#N)cc1-c1cc(-c2ccccc2)c(-n2c3ccccc3c3ccccc32)c(-c2ccccc2)c1. The zero-order valence-corrected chi connectivity index (χ0v) is 22.1. The first-order valence-electron chi connectivity index (χ1n) is 13.5. The highest BCUT2D eigenvalue weighted by molar-refractivity contribution is 6.11. The van der Waals surface area contributed by atoms with Gasteiger partial charge in [-0.3, -0.25) is 0 Å². The first kappa shape index (κ1) is 24.2. The van der Waals surface area contributed by atoms with Gasteiger partial charge in [0.05, 0.1) is 34.9 Å². The summed E-state index contributed by atoms with van der Waals surface area (Å²) in [5, 5.41) is 12.1. The van der Waals surface area contributed by atoms with E-state index in [0.29, 0.717) is 11.3 Å². The summed E-state index contributed by atoms with van der Waals surface area (Å²) in [4.78, 5) is 3.82. The predicted octanol–water partition coefficient (Wildman–Crippen LogP) is 10.2. The lowest BCUT2D eigenvalue weighted by atomic mass is 9.89. The van der Waals surface area contributed by atoms with Crippen LogP contribution in [0.1, 0.15) is 5.56 Å². The van der Waals surface area contributed by atoms with Crippen LogP contribution in [0, 0.1) is 17.9 Å². The smallest absolute Gasteiger partial charge is 0.194 e. The molecule has 3 nitrogen and oxygen atoms in total. The van der Waals surface area contributed by atoms with Crippen LogP contribution >= 0.6 is 0 Å². The summed E-state index contributed by atoms with van der Waals surface area (Å²) in [5.41, 5.74) is 10.3. The maximum Gasteiger partial charge on any atom is 0.194 e. The first-order chi connectivity index (χ1) is 20.3. The lowest BCUT2D eigenvalue weighted by Crippen LogP contribution is -2.01. The maximum atomic E-state index is 9.68. The second kappa shape index (κ2) is 10.0. The highest BCUT2D eigenvalue weighted by Gasteiger charge is 2.22. The van der Waals surface area contributed by atoms with Gasteiger partial charge in [0.25, 0.3) is 0 Å². The van der Waals surface area contributed by atoms with Gasteiger partial charge in [-0.25, -0.2) is 4.85 Å². The second-order valence-electron chi connectivity index (χ2n) is 9.98. The first-order valence-corrected chi connectivity index (χ1v) is 13.5. The van der Waals surface area contributed by atoms with Crippen LogP contribution < -0.4 is 0 Å².